The van der Waals surface area contributed by atoms with E-state index in [2.05, 4.69) is 37.8 Å². The van der Waals surface area contributed by atoms with Gasteiger partial charge < -0.3 is 10.5 Å². The summed E-state index contributed by atoms with van der Waals surface area (Å²) >= 11 is 0. The van der Waals surface area contributed by atoms with Crippen LogP contribution in [0, 0.1) is 5.92 Å². The Labute approximate surface area is 134 Å². The van der Waals surface area contributed by atoms with Gasteiger partial charge in [0.05, 0.1) is 12.8 Å². The molecular weight excluding hydrogens is 272 g/mol. The molecule has 1 heterocycles. The lowest BCUT2D eigenvalue weighted by atomic mass is 9.82. The van der Waals surface area contributed by atoms with Crippen LogP contribution in [0.1, 0.15) is 64.0 Å². The first kappa shape index (κ1) is 15.7. The third-order valence-corrected chi connectivity index (χ3v) is 6.01. The highest BCUT2D eigenvalue weighted by atomic mass is 16.5. The Balaban J connectivity index is 1.84. The second-order valence-corrected chi connectivity index (χ2v) is 7.52. The number of methoxy groups -OCH3 is 1. The minimum Gasteiger partial charge on any atom is -0.495 e. The summed E-state index contributed by atoms with van der Waals surface area (Å²) in [7, 11) is 1.70. The molecule has 1 fully saturated rings. The topological polar surface area (TPSA) is 38.5 Å². The van der Waals surface area contributed by atoms with Gasteiger partial charge >= 0.3 is 0 Å². The third kappa shape index (κ3) is 2.50. The Morgan fingerprint density at radius 3 is 2.50 bits per heavy atom. The molecule has 0 amide bonds. The lowest BCUT2D eigenvalue weighted by molar-refractivity contribution is 0.0483. The average molecular weight is 302 g/mol. The highest BCUT2D eigenvalue weighted by molar-refractivity contribution is 5.59. The van der Waals surface area contributed by atoms with Gasteiger partial charge in [-0.1, -0.05) is 13.3 Å². The van der Waals surface area contributed by atoms with E-state index in [0.717, 1.165) is 23.9 Å². The molecule has 1 aromatic carbocycles. The zero-order chi connectivity index (χ0) is 15.9. The van der Waals surface area contributed by atoms with Crippen molar-refractivity contribution >= 4 is 5.69 Å². The van der Waals surface area contributed by atoms with E-state index in [1.807, 2.05) is 0 Å². The Kier molecular flexibility index (Phi) is 4.11. The van der Waals surface area contributed by atoms with Crippen LogP contribution in [0.5, 0.6) is 5.75 Å². The molecule has 0 bridgehead atoms. The summed E-state index contributed by atoms with van der Waals surface area (Å²) in [6.45, 7) is 8.05. The molecule has 1 aliphatic heterocycles. The van der Waals surface area contributed by atoms with Crippen molar-refractivity contribution in [1.29, 1.82) is 0 Å². The lowest BCUT2D eigenvalue weighted by Crippen LogP contribution is -2.44. The largest absolute Gasteiger partial charge is 0.495 e. The maximum Gasteiger partial charge on any atom is 0.142 e. The van der Waals surface area contributed by atoms with E-state index in [0.29, 0.717) is 6.04 Å². The van der Waals surface area contributed by atoms with Gasteiger partial charge in [-0.05, 0) is 68.7 Å². The molecule has 1 aromatic rings. The number of fused-ring (bicyclic) bond motifs is 1. The van der Waals surface area contributed by atoms with E-state index in [1.165, 1.54) is 43.2 Å². The van der Waals surface area contributed by atoms with Crippen LogP contribution < -0.4 is 10.5 Å². The van der Waals surface area contributed by atoms with Crippen LogP contribution in [-0.2, 0) is 12.1 Å². The molecule has 0 spiro atoms. The smallest absolute Gasteiger partial charge is 0.142 e. The average Bonchev–Trinajstić information content (AvgIpc) is 2.77. The maximum atomic E-state index is 6.11. The van der Waals surface area contributed by atoms with E-state index in [9.17, 15) is 0 Å². The molecule has 3 heteroatoms. The number of nitrogens with two attached hydrogens (primary N) is 1. The molecule has 1 aliphatic carbocycles. The molecule has 1 saturated carbocycles. The van der Waals surface area contributed by atoms with Gasteiger partial charge in [-0.3, -0.25) is 4.90 Å². The van der Waals surface area contributed by atoms with Gasteiger partial charge in [0.2, 0.25) is 0 Å². The highest BCUT2D eigenvalue weighted by Crippen LogP contribution is 2.46. The van der Waals surface area contributed by atoms with E-state index >= 15 is 0 Å². The third-order valence-electron chi connectivity index (χ3n) is 6.01. The minimum absolute atomic E-state index is 0.0695. The molecule has 2 N–H and O–H groups in total. The van der Waals surface area contributed by atoms with Crippen molar-refractivity contribution < 1.29 is 4.74 Å². The van der Waals surface area contributed by atoms with Crippen LogP contribution in [0.4, 0.5) is 5.69 Å². The predicted octanol–water partition coefficient (Wildman–Crippen LogP) is 4.30. The maximum absolute atomic E-state index is 6.11. The first-order chi connectivity index (χ1) is 10.5. The van der Waals surface area contributed by atoms with Gasteiger partial charge in [-0.15, -0.1) is 0 Å². The summed E-state index contributed by atoms with van der Waals surface area (Å²) in [4.78, 5) is 2.70. The second kappa shape index (κ2) is 5.77. The number of rotatable bonds is 3. The Hall–Kier alpha value is -1.22. The molecule has 3 nitrogen and oxygen atoms in total. The van der Waals surface area contributed by atoms with Crippen molar-refractivity contribution in [2.75, 3.05) is 12.8 Å². The number of nitrogens with zero attached hydrogens (tertiary/aromatic N) is 1. The number of nitrogen functional groups attached to an aromatic ring is 1. The number of anilines is 1. The summed E-state index contributed by atoms with van der Waals surface area (Å²) in [5, 5.41) is 0. The number of hydrogen-bond donors (Lipinski definition) is 1. The number of benzene rings is 1. The predicted molar refractivity (Wildman–Crippen MR) is 92.0 cm³/mol. The van der Waals surface area contributed by atoms with Crippen LogP contribution in [0.25, 0.3) is 0 Å². The summed E-state index contributed by atoms with van der Waals surface area (Å²) < 4.78 is 5.43. The van der Waals surface area contributed by atoms with Crippen LogP contribution in [0.3, 0.4) is 0 Å². The molecule has 22 heavy (non-hydrogen) atoms. The summed E-state index contributed by atoms with van der Waals surface area (Å²) in [6, 6.07) is 4.98. The Morgan fingerprint density at radius 1 is 1.23 bits per heavy atom. The lowest BCUT2D eigenvalue weighted by Gasteiger charge is -2.42. The van der Waals surface area contributed by atoms with Crippen LogP contribution in [-0.4, -0.2) is 18.1 Å². The molecule has 0 unspecified atom stereocenters. The van der Waals surface area contributed by atoms with E-state index in [-0.39, 0.29) is 5.54 Å². The van der Waals surface area contributed by atoms with Gasteiger partial charge in [0.15, 0.2) is 0 Å². The van der Waals surface area contributed by atoms with Crippen molar-refractivity contribution in [3.8, 4) is 5.75 Å². The van der Waals surface area contributed by atoms with Gasteiger partial charge in [-0.2, -0.15) is 0 Å². The molecular formula is C19H30N2O. The van der Waals surface area contributed by atoms with Crippen molar-refractivity contribution in [3.05, 3.63) is 23.3 Å². The number of ether oxygens (including phenoxy) is 1. The van der Waals surface area contributed by atoms with Crippen molar-refractivity contribution in [3.63, 3.8) is 0 Å². The molecule has 3 rings (SSSR count). The van der Waals surface area contributed by atoms with E-state index in [1.54, 1.807) is 7.11 Å². The Bertz CT molecular complexity index is 545. The minimum atomic E-state index is 0.0695. The molecule has 0 saturated heterocycles. The second-order valence-electron chi connectivity index (χ2n) is 7.52. The fourth-order valence-corrected chi connectivity index (χ4v) is 4.51. The quantitative estimate of drug-likeness (QED) is 0.846. The van der Waals surface area contributed by atoms with Crippen LogP contribution in [0.2, 0.25) is 0 Å². The molecule has 0 radical (unpaired) electrons. The fourth-order valence-electron chi connectivity index (χ4n) is 4.51. The van der Waals surface area contributed by atoms with Crippen molar-refractivity contribution in [2.45, 2.75) is 71.0 Å². The van der Waals surface area contributed by atoms with Gasteiger partial charge in [-0.25, -0.2) is 0 Å². The first-order valence-electron chi connectivity index (χ1n) is 8.71. The molecule has 0 aromatic heterocycles. The number of hydrogen-bond acceptors (Lipinski definition) is 3. The molecule has 0 atom stereocenters. The van der Waals surface area contributed by atoms with Gasteiger partial charge in [0, 0.05) is 18.1 Å². The standard InChI is InChI=1S/C19H30N2O/c1-5-13-6-8-15(9-7-13)21-12-14-10-17(20)18(22-4)11-16(14)19(21,2)3/h10-11,13,15H,5-9,12,20H2,1-4H3. The van der Waals surface area contributed by atoms with Crippen LogP contribution in [0.15, 0.2) is 12.1 Å². The van der Waals surface area contributed by atoms with Crippen LogP contribution >= 0.6 is 0 Å². The SMILES string of the molecule is CCC1CCC(N2Cc3cc(N)c(OC)cc3C2(C)C)CC1. The summed E-state index contributed by atoms with van der Waals surface area (Å²) in [5.74, 6) is 1.75. The highest BCUT2D eigenvalue weighted by Gasteiger charge is 2.42. The normalized spacial score (nSPS) is 27.6. The first-order valence-corrected chi connectivity index (χ1v) is 8.71. The zero-order valence-corrected chi connectivity index (χ0v) is 14.5. The fraction of sp³-hybridized carbons (Fsp3) is 0.684. The van der Waals surface area contributed by atoms with E-state index in [4.69, 9.17) is 10.5 Å². The Morgan fingerprint density at radius 2 is 1.91 bits per heavy atom. The summed E-state index contributed by atoms with van der Waals surface area (Å²) in [5.41, 5.74) is 9.70. The zero-order valence-electron chi connectivity index (χ0n) is 14.5. The molecule has 2 aliphatic rings. The van der Waals surface area contributed by atoms with Crippen molar-refractivity contribution in [1.82, 2.24) is 4.90 Å². The van der Waals surface area contributed by atoms with E-state index < -0.39 is 0 Å². The van der Waals surface area contributed by atoms with Crippen molar-refractivity contribution in [2.24, 2.45) is 5.92 Å². The monoisotopic (exact) mass is 302 g/mol. The van der Waals surface area contributed by atoms with Gasteiger partial charge in [0.25, 0.3) is 0 Å². The molecule has 122 valence electrons. The van der Waals surface area contributed by atoms with Gasteiger partial charge in [0.1, 0.15) is 5.75 Å². The summed E-state index contributed by atoms with van der Waals surface area (Å²) in [6.07, 6.45) is 6.78.